The van der Waals surface area contributed by atoms with E-state index in [2.05, 4.69) is 48.4 Å². The van der Waals surface area contributed by atoms with E-state index in [0.29, 0.717) is 24.4 Å². The first kappa shape index (κ1) is 17.8. The molecule has 1 fully saturated rings. The molecule has 23 heavy (non-hydrogen) atoms. The van der Waals surface area contributed by atoms with E-state index in [1.54, 1.807) is 0 Å². The van der Waals surface area contributed by atoms with Gasteiger partial charge in [-0.15, -0.1) is 0 Å². The minimum Gasteiger partial charge on any atom is -0.381 e. The van der Waals surface area contributed by atoms with Crippen LogP contribution in [-0.2, 0) is 11.2 Å². The van der Waals surface area contributed by atoms with Gasteiger partial charge in [0.2, 0.25) is 5.91 Å². The van der Waals surface area contributed by atoms with Gasteiger partial charge in [-0.3, -0.25) is 9.69 Å². The highest BCUT2D eigenvalue weighted by Crippen LogP contribution is 2.22. The van der Waals surface area contributed by atoms with Crippen molar-refractivity contribution < 1.29 is 4.79 Å². The molecule has 2 rings (SSSR count). The summed E-state index contributed by atoms with van der Waals surface area (Å²) in [5, 5.41) is 6.57. The second kappa shape index (κ2) is 7.82. The van der Waals surface area contributed by atoms with Crippen molar-refractivity contribution in [3.63, 3.8) is 0 Å². The molecule has 1 saturated heterocycles. The molecule has 2 atom stereocenters. The number of carbonyl (C=O) groups excluding carboxylic acids is 1. The first-order chi connectivity index (χ1) is 10.8. The number of nitrogens with zero attached hydrogens (tertiary/aromatic N) is 1. The summed E-state index contributed by atoms with van der Waals surface area (Å²) in [6.07, 6.45) is 0.444. The van der Waals surface area contributed by atoms with Gasteiger partial charge in [-0.2, -0.15) is 0 Å². The van der Waals surface area contributed by atoms with E-state index in [-0.39, 0.29) is 11.9 Å². The molecule has 0 bridgehead atoms. The summed E-state index contributed by atoms with van der Waals surface area (Å²) in [6.45, 7) is 13.0. The fraction of sp³-hybridized carbons (Fsp3) is 0.632. The minimum absolute atomic E-state index is 0.0812. The van der Waals surface area contributed by atoms with Gasteiger partial charge in [-0.1, -0.05) is 19.1 Å². The third-order valence-electron chi connectivity index (χ3n) is 4.49. The Labute approximate surface area is 140 Å². The van der Waals surface area contributed by atoms with Crippen LogP contribution < -0.4 is 10.6 Å². The second-order valence-corrected chi connectivity index (χ2v) is 7.37. The fourth-order valence-corrected chi connectivity index (χ4v) is 3.11. The lowest BCUT2D eigenvalue weighted by Gasteiger charge is -2.21. The average molecular weight is 317 g/mol. The van der Waals surface area contributed by atoms with Crippen LogP contribution in [0, 0.1) is 5.92 Å². The van der Waals surface area contributed by atoms with E-state index in [4.69, 9.17) is 0 Å². The Kier molecular flexibility index (Phi) is 6.05. The van der Waals surface area contributed by atoms with Crippen molar-refractivity contribution in [2.24, 2.45) is 5.92 Å². The third-order valence-corrected chi connectivity index (χ3v) is 4.49. The molecule has 1 heterocycles. The smallest absolute Gasteiger partial charge is 0.224 e. The van der Waals surface area contributed by atoms with Crippen LogP contribution in [0.15, 0.2) is 24.3 Å². The second-order valence-electron chi connectivity index (χ2n) is 7.37. The van der Waals surface area contributed by atoms with Crippen molar-refractivity contribution >= 4 is 11.6 Å². The Balaban J connectivity index is 1.89. The first-order valence-electron chi connectivity index (χ1n) is 8.74. The lowest BCUT2D eigenvalue weighted by molar-refractivity contribution is -0.120. The summed E-state index contributed by atoms with van der Waals surface area (Å²) in [5.74, 6) is 0.728. The van der Waals surface area contributed by atoms with Gasteiger partial charge >= 0.3 is 0 Å². The van der Waals surface area contributed by atoms with Crippen molar-refractivity contribution in [3.8, 4) is 0 Å². The average Bonchev–Trinajstić information content (AvgIpc) is 2.82. The zero-order valence-corrected chi connectivity index (χ0v) is 15.1. The van der Waals surface area contributed by atoms with E-state index in [0.717, 1.165) is 24.3 Å². The van der Waals surface area contributed by atoms with Crippen LogP contribution in [0.25, 0.3) is 0 Å². The number of nitrogens with one attached hydrogen (secondary N) is 2. The van der Waals surface area contributed by atoms with Crippen LogP contribution in [0.5, 0.6) is 0 Å². The number of rotatable bonds is 6. The molecular weight excluding hydrogens is 286 g/mol. The van der Waals surface area contributed by atoms with E-state index >= 15 is 0 Å². The zero-order valence-electron chi connectivity index (χ0n) is 15.1. The Morgan fingerprint density at radius 2 is 1.83 bits per heavy atom. The van der Waals surface area contributed by atoms with E-state index < -0.39 is 0 Å². The summed E-state index contributed by atoms with van der Waals surface area (Å²) >= 11 is 0. The van der Waals surface area contributed by atoms with Crippen molar-refractivity contribution in [3.05, 3.63) is 29.8 Å². The molecule has 1 aliphatic rings. The molecule has 0 spiro atoms. The largest absolute Gasteiger partial charge is 0.381 e. The molecular formula is C19H31N3O. The monoisotopic (exact) mass is 317 g/mol. The van der Waals surface area contributed by atoms with Crippen LogP contribution in [0.1, 0.15) is 40.2 Å². The van der Waals surface area contributed by atoms with E-state index in [9.17, 15) is 4.79 Å². The summed E-state index contributed by atoms with van der Waals surface area (Å²) in [5.41, 5.74) is 2.19. The number of likely N-dealkylation sites (tertiary alicyclic amines) is 1. The molecule has 4 nitrogen and oxygen atoms in total. The molecule has 1 aromatic carbocycles. The maximum atomic E-state index is 11.8. The molecule has 0 aromatic heterocycles. The fourth-order valence-electron chi connectivity index (χ4n) is 3.11. The first-order valence-corrected chi connectivity index (χ1v) is 8.74. The molecule has 0 saturated carbocycles. The standard InChI is InChI=1S/C19H31N3O/c1-13(2)20-19(23)10-16-6-8-17(9-7-16)21-18-12-22(14(3)4)11-15(18)5/h6-9,13-15,18,21H,10-12H2,1-5H3,(H,20,23)/t15-,18-/m0/s1. The van der Waals surface area contributed by atoms with Crippen LogP contribution in [-0.4, -0.2) is 42.0 Å². The van der Waals surface area contributed by atoms with Gasteiger partial charge in [-0.25, -0.2) is 0 Å². The van der Waals surface area contributed by atoms with Crippen LogP contribution in [0.4, 0.5) is 5.69 Å². The Morgan fingerprint density at radius 1 is 1.17 bits per heavy atom. The normalized spacial score (nSPS) is 21.9. The maximum absolute atomic E-state index is 11.8. The van der Waals surface area contributed by atoms with Crippen molar-refractivity contribution in [2.75, 3.05) is 18.4 Å². The Bertz CT molecular complexity index is 510. The molecule has 128 valence electrons. The number of hydrogen-bond acceptors (Lipinski definition) is 3. The summed E-state index contributed by atoms with van der Waals surface area (Å²) < 4.78 is 0. The van der Waals surface area contributed by atoms with Crippen molar-refractivity contribution in [1.82, 2.24) is 10.2 Å². The highest BCUT2D eigenvalue weighted by Gasteiger charge is 2.30. The molecule has 1 aliphatic heterocycles. The van der Waals surface area contributed by atoms with Crippen LogP contribution in [0.2, 0.25) is 0 Å². The molecule has 0 unspecified atom stereocenters. The lowest BCUT2D eigenvalue weighted by Crippen LogP contribution is -2.31. The van der Waals surface area contributed by atoms with Crippen LogP contribution in [0.3, 0.4) is 0 Å². The Hall–Kier alpha value is -1.55. The van der Waals surface area contributed by atoms with Crippen LogP contribution >= 0.6 is 0 Å². The quantitative estimate of drug-likeness (QED) is 0.848. The number of benzene rings is 1. The lowest BCUT2D eigenvalue weighted by atomic mass is 10.1. The van der Waals surface area contributed by atoms with Gasteiger partial charge < -0.3 is 10.6 Å². The summed E-state index contributed by atoms with van der Waals surface area (Å²) in [7, 11) is 0. The van der Waals surface area contributed by atoms with Gasteiger partial charge in [0.15, 0.2) is 0 Å². The molecule has 1 aromatic rings. The number of hydrogen-bond donors (Lipinski definition) is 2. The molecule has 2 N–H and O–H groups in total. The van der Waals surface area contributed by atoms with E-state index in [1.807, 2.05) is 26.0 Å². The predicted molar refractivity (Wildman–Crippen MR) is 96.7 cm³/mol. The van der Waals surface area contributed by atoms with Gasteiger partial charge in [0.05, 0.1) is 6.42 Å². The SMILES string of the molecule is CC(C)NC(=O)Cc1ccc(N[C@H]2CN(C(C)C)C[C@@H]2C)cc1. The van der Waals surface area contributed by atoms with Gasteiger partial charge in [0.25, 0.3) is 0 Å². The summed E-state index contributed by atoms with van der Waals surface area (Å²) in [4.78, 5) is 14.3. The molecule has 1 amide bonds. The molecule has 4 heteroatoms. The van der Waals surface area contributed by atoms with Gasteiger partial charge in [0.1, 0.15) is 0 Å². The number of amides is 1. The predicted octanol–water partition coefficient (Wildman–Crippen LogP) is 2.89. The van der Waals surface area contributed by atoms with Gasteiger partial charge in [0, 0.05) is 36.9 Å². The Morgan fingerprint density at radius 3 is 2.35 bits per heavy atom. The van der Waals surface area contributed by atoms with Crippen molar-refractivity contribution in [2.45, 2.75) is 59.2 Å². The van der Waals surface area contributed by atoms with E-state index in [1.165, 1.54) is 0 Å². The topological polar surface area (TPSA) is 44.4 Å². The third kappa shape index (κ3) is 5.24. The molecule has 0 radical (unpaired) electrons. The number of carbonyl (C=O) groups is 1. The highest BCUT2D eigenvalue weighted by molar-refractivity contribution is 5.78. The summed E-state index contributed by atoms with van der Waals surface area (Å²) in [6, 6.07) is 9.55. The zero-order chi connectivity index (χ0) is 17.0. The highest BCUT2D eigenvalue weighted by atomic mass is 16.1. The minimum atomic E-state index is 0.0812. The number of anilines is 1. The molecule has 0 aliphatic carbocycles. The maximum Gasteiger partial charge on any atom is 0.224 e. The van der Waals surface area contributed by atoms with Crippen molar-refractivity contribution in [1.29, 1.82) is 0 Å². The van der Waals surface area contributed by atoms with Gasteiger partial charge in [-0.05, 0) is 51.3 Å².